The van der Waals surface area contributed by atoms with Gasteiger partial charge in [0.15, 0.2) is 5.96 Å². The fraction of sp³-hybridized carbons (Fsp3) is 0.176. The Kier molecular flexibility index (Phi) is 9.28. The van der Waals surface area contributed by atoms with Gasteiger partial charge in [0.2, 0.25) is 0 Å². The Morgan fingerprint density at radius 2 is 2.00 bits per heavy atom. The molecule has 0 saturated carbocycles. The molecule has 0 atom stereocenters. The Labute approximate surface area is 172 Å². The summed E-state index contributed by atoms with van der Waals surface area (Å²) >= 11 is 3.34. The van der Waals surface area contributed by atoms with Crippen molar-refractivity contribution in [3.63, 3.8) is 0 Å². The SMILES string of the molecule is COc1ccccc1NC(N)=NCCNC(=O)c1cccc(Br)c1.I. The molecule has 0 aliphatic rings. The first-order valence-corrected chi connectivity index (χ1v) is 8.13. The molecule has 2 aromatic carbocycles. The Morgan fingerprint density at radius 3 is 2.72 bits per heavy atom. The molecule has 25 heavy (non-hydrogen) atoms. The van der Waals surface area contributed by atoms with E-state index in [0.717, 1.165) is 10.2 Å². The van der Waals surface area contributed by atoms with E-state index in [9.17, 15) is 4.79 Å². The van der Waals surface area contributed by atoms with Gasteiger partial charge in [0.1, 0.15) is 5.75 Å². The number of nitrogens with two attached hydrogens (primary N) is 1. The first-order valence-electron chi connectivity index (χ1n) is 7.34. The van der Waals surface area contributed by atoms with Crippen molar-refractivity contribution in [2.24, 2.45) is 10.7 Å². The molecule has 134 valence electrons. The summed E-state index contributed by atoms with van der Waals surface area (Å²) in [6.07, 6.45) is 0. The molecule has 4 N–H and O–H groups in total. The molecule has 0 aromatic heterocycles. The third kappa shape index (κ3) is 6.91. The predicted molar refractivity (Wildman–Crippen MR) is 115 cm³/mol. The molecule has 1 amide bonds. The normalized spacial score (nSPS) is 10.6. The minimum atomic E-state index is -0.150. The van der Waals surface area contributed by atoms with Gasteiger partial charge < -0.3 is 21.1 Å². The minimum Gasteiger partial charge on any atom is -0.495 e. The van der Waals surface area contributed by atoms with Gasteiger partial charge in [-0.2, -0.15) is 0 Å². The van der Waals surface area contributed by atoms with Crippen LogP contribution in [0, 0.1) is 0 Å². The third-order valence-electron chi connectivity index (χ3n) is 3.14. The molecule has 0 bridgehead atoms. The average molecular weight is 519 g/mol. The fourth-order valence-electron chi connectivity index (χ4n) is 2.00. The smallest absolute Gasteiger partial charge is 0.251 e. The highest BCUT2D eigenvalue weighted by molar-refractivity contribution is 14.0. The lowest BCUT2D eigenvalue weighted by Gasteiger charge is -2.10. The summed E-state index contributed by atoms with van der Waals surface area (Å²) in [7, 11) is 1.59. The van der Waals surface area contributed by atoms with Gasteiger partial charge in [0.05, 0.1) is 19.3 Å². The van der Waals surface area contributed by atoms with Crippen molar-refractivity contribution in [2.45, 2.75) is 0 Å². The zero-order valence-electron chi connectivity index (χ0n) is 13.7. The van der Waals surface area contributed by atoms with E-state index < -0.39 is 0 Å². The number of nitrogens with zero attached hydrogens (tertiary/aromatic N) is 1. The Bertz CT molecular complexity index is 740. The van der Waals surface area contributed by atoms with E-state index in [4.69, 9.17) is 10.5 Å². The molecule has 6 nitrogen and oxygen atoms in total. The van der Waals surface area contributed by atoms with Gasteiger partial charge in [-0.25, -0.2) is 0 Å². The maximum absolute atomic E-state index is 12.0. The van der Waals surface area contributed by atoms with Gasteiger partial charge in [-0.1, -0.05) is 34.1 Å². The molecule has 0 heterocycles. The largest absolute Gasteiger partial charge is 0.495 e. The molecule has 0 radical (unpaired) electrons. The molecule has 0 unspecified atom stereocenters. The Hall–Kier alpha value is -1.81. The summed E-state index contributed by atoms with van der Waals surface area (Å²) in [4.78, 5) is 16.2. The minimum absolute atomic E-state index is 0. The topological polar surface area (TPSA) is 88.7 Å². The Morgan fingerprint density at radius 1 is 1.24 bits per heavy atom. The van der Waals surface area contributed by atoms with Crippen LogP contribution in [0.4, 0.5) is 5.69 Å². The summed E-state index contributed by atoms with van der Waals surface area (Å²) < 4.78 is 6.09. The van der Waals surface area contributed by atoms with Gasteiger partial charge in [0.25, 0.3) is 5.91 Å². The zero-order valence-corrected chi connectivity index (χ0v) is 17.6. The van der Waals surface area contributed by atoms with Crippen LogP contribution in [0.15, 0.2) is 58.0 Å². The second-order valence-electron chi connectivity index (χ2n) is 4.86. The molecule has 8 heteroatoms. The van der Waals surface area contributed by atoms with Crippen molar-refractivity contribution in [1.82, 2.24) is 5.32 Å². The lowest BCUT2D eigenvalue weighted by atomic mass is 10.2. The number of halogens is 2. The number of nitrogens with one attached hydrogen (secondary N) is 2. The van der Waals surface area contributed by atoms with Crippen LogP contribution >= 0.6 is 39.9 Å². The van der Waals surface area contributed by atoms with Crippen molar-refractivity contribution in [2.75, 3.05) is 25.5 Å². The summed E-state index contributed by atoms with van der Waals surface area (Å²) in [6.45, 7) is 0.757. The standard InChI is InChI=1S/C17H19BrN4O2.HI/c1-24-15-8-3-2-7-14(15)22-17(19)21-10-9-20-16(23)12-5-4-6-13(18)11-12;/h2-8,11H,9-10H2,1H3,(H,20,23)(H3,19,21,22);1H. The third-order valence-corrected chi connectivity index (χ3v) is 3.63. The van der Waals surface area contributed by atoms with Gasteiger partial charge in [0, 0.05) is 16.6 Å². The van der Waals surface area contributed by atoms with E-state index in [-0.39, 0.29) is 35.8 Å². The second kappa shape index (κ2) is 10.9. The highest BCUT2D eigenvalue weighted by atomic mass is 127. The van der Waals surface area contributed by atoms with Crippen molar-refractivity contribution in [3.8, 4) is 5.75 Å². The number of ether oxygens (including phenoxy) is 1. The van der Waals surface area contributed by atoms with Crippen molar-refractivity contribution in [1.29, 1.82) is 0 Å². The molecule has 2 rings (SSSR count). The Balaban J connectivity index is 0.00000312. The van der Waals surface area contributed by atoms with Crippen LogP contribution in [0.3, 0.4) is 0 Å². The summed E-state index contributed by atoms with van der Waals surface area (Å²) in [5, 5.41) is 5.77. The molecule has 0 aliphatic heterocycles. The summed E-state index contributed by atoms with van der Waals surface area (Å²) in [5.74, 6) is 0.789. The number of hydrogen-bond acceptors (Lipinski definition) is 3. The molecule has 2 aromatic rings. The van der Waals surface area contributed by atoms with Crippen molar-refractivity contribution in [3.05, 3.63) is 58.6 Å². The summed E-state index contributed by atoms with van der Waals surface area (Å²) in [6, 6.07) is 14.6. The van der Waals surface area contributed by atoms with Crippen molar-refractivity contribution < 1.29 is 9.53 Å². The predicted octanol–water partition coefficient (Wildman–Crippen LogP) is 3.23. The number of guanidine groups is 1. The molecule has 0 aliphatic carbocycles. The monoisotopic (exact) mass is 518 g/mol. The second-order valence-corrected chi connectivity index (χ2v) is 5.77. The van der Waals surface area contributed by atoms with Crippen LogP contribution in [0.2, 0.25) is 0 Å². The average Bonchev–Trinajstić information content (AvgIpc) is 2.59. The number of amides is 1. The van der Waals surface area contributed by atoms with E-state index >= 15 is 0 Å². The van der Waals surface area contributed by atoms with E-state index in [1.54, 1.807) is 19.2 Å². The van der Waals surface area contributed by atoms with Crippen molar-refractivity contribution >= 4 is 57.5 Å². The fourth-order valence-corrected chi connectivity index (χ4v) is 2.40. The quantitative estimate of drug-likeness (QED) is 0.237. The number of carbonyl (C=O) groups excluding carboxylic acids is 1. The number of rotatable bonds is 6. The number of methoxy groups -OCH3 is 1. The van der Waals surface area contributed by atoms with Crippen LogP contribution in [-0.4, -0.2) is 32.1 Å². The lowest BCUT2D eigenvalue weighted by molar-refractivity contribution is 0.0954. The first kappa shape index (κ1) is 21.2. The first-order chi connectivity index (χ1) is 11.6. The van der Waals surface area contributed by atoms with Crippen LogP contribution in [0.1, 0.15) is 10.4 Å². The number of carbonyl (C=O) groups is 1. The van der Waals surface area contributed by atoms with Gasteiger partial charge in [-0.05, 0) is 30.3 Å². The van der Waals surface area contributed by atoms with E-state index in [1.807, 2.05) is 36.4 Å². The maximum atomic E-state index is 12.0. The van der Waals surface area contributed by atoms with E-state index in [1.165, 1.54) is 0 Å². The van der Waals surface area contributed by atoms with E-state index in [0.29, 0.717) is 24.4 Å². The molecule has 0 spiro atoms. The van der Waals surface area contributed by atoms with Crippen LogP contribution in [0.25, 0.3) is 0 Å². The lowest BCUT2D eigenvalue weighted by Crippen LogP contribution is -2.28. The number of aliphatic imine (C=N–C) groups is 1. The van der Waals surface area contributed by atoms with Gasteiger partial charge in [-0.3, -0.25) is 9.79 Å². The number of para-hydroxylation sites is 2. The van der Waals surface area contributed by atoms with Gasteiger partial charge >= 0.3 is 0 Å². The molecule has 0 saturated heterocycles. The number of hydrogen-bond donors (Lipinski definition) is 3. The number of anilines is 1. The van der Waals surface area contributed by atoms with Gasteiger partial charge in [-0.15, -0.1) is 24.0 Å². The highest BCUT2D eigenvalue weighted by Crippen LogP contribution is 2.22. The van der Waals surface area contributed by atoms with E-state index in [2.05, 4.69) is 31.6 Å². The summed E-state index contributed by atoms with van der Waals surface area (Å²) in [5.41, 5.74) is 7.17. The van der Waals surface area contributed by atoms with Crippen LogP contribution < -0.4 is 21.1 Å². The number of benzene rings is 2. The molecule has 0 fully saturated rings. The zero-order chi connectivity index (χ0) is 17.4. The van der Waals surface area contributed by atoms with Crippen LogP contribution in [-0.2, 0) is 0 Å². The maximum Gasteiger partial charge on any atom is 0.251 e. The molecular weight excluding hydrogens is 499 g/mol. The molecular formula is C17H20BrIN4O2. The van der Waals surface area contributed by atoms with Crippen LogP contribution in [0.5, 0.6) is 5.75 Å². The highest BCUT2D eigenvalue weighted by Gasteiger charge is 2.05.